The summed E-state index contributed by atoms with van der Waals surface area (Å²) in [6.45, 7) is 4.62. The van der Waals surface area contributed by atoms with Crippen LogP contribution < -0.4 is 9.80 Å². The Hall–Kier alpha value is -3.09. The number of hydrogen-bond acceptors (Lipinski definition) is 4. The number of piperazine rings is 1. The van der Waals surface area contributed by atoms with Crippen LogP contribution >= 0.6 is 0 Å². The number of hydrogen-bond donors (Lipinski definition) is 0. The number of halogens is 3. The molecule has 0 atom stereocenters. The molecule has 0 unspecified atom stereocenters. The van der Waals surface area contributed by atoms with Crippen LogP contribution in [-0.2, 0) is 6.18 Å². The van der Waals surface area contributed by atoms with Crippen molar-refractivity contribution in [2.75, 3.05) is 36.0 Å². The highest BCUT2D eigenvalue weighted by atomic mass is 19.4. The van der Waals surface area contributed by atoms with E-state index < -0.39 is 11.7 Å². The first-order chi connectivity index (χ1) is 13.9. The molecule has 0 saturated carbocycles. The van der Waals surface area contributed by atoms with E-state index in [1.807, 2.05) is 36.1 Å². The van der Waals surface area contributed by atoms with Crippen molar-refractivity contribution in [2.24, 2.45) is 0 Å². The van der Waals surface area contributed by atoms with Gasteiger partial charge in [0.1, 0.15) is 5.82 Å². The zero-order valence-electron chi connectivity index (χ0n) is 16.0. The second-order valence-corrected chi connectivity index (χ2v) is 7.15. The SMILES string of the molecule is Cc1ccc(-c2cncc(N3CCN(c4cccc(C(F)(F)F)c4)CC3)n2)cc1. The van der Waals surface area contributed by atoms with Crippen molar-refractivity contribution in [3.8, 4) is 11.3 Å². The van der Waals surface area contributed by atoms with E-state index in [-0.39, 0.29) is 0 Å². The molecule has 0 radical (unpaired) electrons. The van der Waals surface area contributed by atoms with Gasteiger partial charge >= 0.3 is 6.18 Å². The zero-order chi connectivity index (χ0) is 20.4. The lowest BCUT2D eigenvalue weighted by Gasteiger charge is -2.36. The average molecular weight is 398 g/mol. The zero-order valence-corrected chi connectivity index (χ0v) is 16.0. The topological polar surface area (TPSA) is 32.3 Å². The molecule has 0 amide bonds. The minimum absolute atomic E-state index is 0.596. The molecular weight excluding hydrogens is 377 g/mol. The van der Waals surface area contributed by atoms with Crippen LogP contribution in [0.4, 0.5) is 24.7 Å². The lowest BCUT2D eigenvalue weighted by molar-refractivity contribution is -0.137. The molecule has 0 bridgehead atoms. The Morgan fingerprint density at radius 3 is 2.24 bits per heavy atom. The van der Waals surface area contributed by atoms with Crippen molar-refractivity contribution >= 4 is 11.5 Å². The maximum absolute atomic E-state index is 13.0. The highest BCUT2D eigenvalue weighted by molar-refractivity contribution is 5.61. The second-order valence-electron chi connectivity index (χ2n) is 7.15. The summed E-state index contributed by atoms with van der Waals surface area (Å²) in [5.41, 5.74) is 2.98. The van der Waals surface area contributed by atoms with E-state index in [9.17, 15) is 13.2 Å². The van der Waals surface area contributed by atoms with E-state index in [2.05, 4.69) is 9.88 Å². The van der Waals surface area contributed by atoms with E-state index in [0.717, 1.165) is 23.1 Å². The highest BCUT2D eigenvalue weighted by Crippen LogP contribution is 2.32. The Balaban J connectivity index is 1.46. The Labute approximate surface area is 167 Å². The third kappa shape index (κ3) is 4.34. The Bertz CT molecular complexity index is 978. The largest absolute Gasteiger partial charge is 0.416 e. The first-order valence-corrected chi connectivity index (χ1v) is 9.46. The molecular formula is C22H21F3N4. The molecule has 1 saturated heterocycles. The first-order valence-electron chi connectivity index (χ1n) is 9.46. The molecule has 4 rings (SSSR count). The highest BCUT2D eigenvalue weighted by Gasteiger charge is 2.31. The monoisotopic (exact) mass is 398 g/mol. The van der Waals surface area contributed by atoms with Crippen molar-refractivity contribution < 1.29 is 13.2 Å². The van der Waals surface area contributed by atoms with E-state index >= 15 is 0 Å². The number of anilines is 2. The molecule has 2 aromatic carbocycles. The molecule has 150 valence electrons. The summed E-state index contributed by atoms with van der Waals surface area (Å²) in [5, 5.41) is 0. The third-order valence-corrected chi connectivity index (χ3v) is 5.11. The fourth-order valence-electron chi connectivity index (χ4n) is 3.44. The average Bonchev–Trinajstić information content (AvgIpc) is 2.74. The molecule has 29 heavy (non-hydrogen) atoms. The first kappa shape index (κ1) is 19.2. The second kappa shape index (κ2) is 7.73. The maximum atomic E-state index is 13.0. The number of alkyl halides is 3. The summed E-state index contributed by atoms with van der Waals surface area (Å²) >= 11 is 0. The van der Waals surface area contributed by atoms with Crippen molar-refractivity contribution in [1.82, 2.24) is 9.97 Å². The maximum Gasteiger partial charge on any atom is 0.416 e. The summed E-state index contributed by atoms with van der Waals surface area (Å²) in [6, 6.07) is 13.6. The van der Waals surface area contributed by atoms with Crippen LogP contribution in [0.3, 0.4) is 0 Å². The quantitative estimate of drug-likeness (QED) is 0.635. The van der Waals surface area contributed by atoms with Crippen LogP contribution in [0.2, 0.25) is 0 Å². The van der Waals surface area contributed by atoms with Gasteiger partial charge in [-0.3, -0.25) is 4.98 Å². The molecule has 0 spiro atoms. The van der Waals surface area contributed by atoms with Gasteiger partial charge < -0.3 is 9.80 Å². The minimum atomic E-state index is -4.33. The van der Waals surface area contributed by atoms with Crippen LogP contribution in [-0.4, -0.2) is 36.1 Å². The van der Waals surface area contributed by atoms with Gasteiger partial charge in [-0.15, -0.1) is 0 Å². The van der Waals surface area contributed by atoms with E-state index in [1.165, 1.54) is 17.7 Å². The number of aryl methyl sites for hydroxylation is 1. The fraction of sp³-hybridized carbons (Fsp3) is 0.273. The van der Waals surface area contributed by atoms with E-state index in [4.69, 9.17) is 4.98 Å². The molecule has 1 fully saturated rings. The van der Waals surface area contributed by atoms with Gasteiger partial charge in [-0.05, 0) is 25.1 Å². The van der Waals surface area contributed by atoms with Crippen LogP contribution in [0, 0.1) is 6.92 Å². The summed E-state index contributed by atoms with van der Waals surface area (Å²) in [7, 11) is 0. The molecule has 1 aliphatic rings. The van der Waals surface area contributed by atoms with Crippen molar-refractivity contribution in [3.63, 3.8) is 0 Å². The smallest absolute Gasteiger partial charge is 0.368 e. The number of nitrogens with zero attached hydrogens (tertiary/aromatic N) is 4. The molecule has 1 aliphatic heterocycles. The lowest BCUT2D eigenvalue weighted by Crippen LogP contribution is -2.47. The van der Waals surface area contributed by atoms with Gasteiger partial charge in [0, 0.05) is 37.4 Å². The predicted octanol–water partition coefficient (Wildman–Crippen LogP) is 4.80. The molecule has 4 nitrogen and oxygen atoms in total. The Kier molecular flexibility index (Phi) is 5.13. The molecule has 1 aromatic heterocycles. The van der Waals surface area contributed by atoms with Gasteiger partial charge in [0.15, 0.2) is 0 Å². The third-order valence-electron chi connectivity index (χ3n) is 5.11. The summed E-state index contributed by atoms with van der Waals surface area (Å²) < 4.78 is 38.9. The number of aromatic nitrogens is 2. The van der Waals surface area contributed by atoms with Crippen LogP contribution in [0.1, 0.15) is 11.1 Å². The minimum Gasteiger partial charge on any atom is -0.368 e. The van der Waals surface area contributed by atoms with E-state index in [1.54, 1.807) is 18.5 Å². The molecule has 2 heterocycles. The van der Waals surface area contributed by atoms with Crippen LogP contribution in [0.5, 0.6) is 0 Å². The molecule has 7 heteroatoms. The van der Waals surface area contributed by atoms with Crippen molar-refractivity contribution in [1.29, 1.82) is 0 Å². The molecule has 3 aromatic rings. The van der Waals surface area contributed by atoms with E-state index in [0.29, 0.717) is 31.9 Å². The standard InChI is InChI=1S/C22H21F3N4/c1-16-5-7-17(8-6-16)20-14-26-15-21(27-20)29-11-9-28(10-12-29)19-4-2-3-18(13-19)22(23,24)25/h2-8,13-15H,9-12H2,1H3. The van der Waals surface area contributed by atoms with Gasteiger partial charge in [0.2, 0.25) is 0 Å². The number of rotatable bonds is 3. The van der Waals surface area contributed by atoms with Crippen LogP contribution in [0.15, 0.2) is 60.9 Å². The molecule has 0 aliphatic carbocycles. The van der Waals surface area contributed by atoms with Gasteiger partial charge in [-0.25, -0.2) is 4.98 Å². The number of benzene rings is 2. The van der Waals surface area contributed by atoms with Gasteiger partial charge in [-0.1, -0.05) is 35.9 Å². The van der Waals surface area contributed by atoms with Gasteiger partial charge in [0.25, 0.3) is 0 Å². The summed E-state index contributed by atoms with van der Waals surface area (Å²) in [5.74, 6) is 0.784. The van der Waals surface area contributed by atoms with Crippen molar-refractivity contribution in [2.45, 2.75) is 13.1 Å². The van der Waals surface area contributed by atoms with Crippen molar-refractivity contribution in [3.05, 3.63) is 72.1 Å². The Morgan fingerprint density at radius 1 is 0.862 bits per heavy atom. The van der Waals surface area contributed by atoms with Crippen LogP contribution in [0.25, 0.3) is 11.3 Å². The van der Waals surface area contributed by atoms with Gasteiger partial charge in [0.05, 0.1) is 23.7 Å². The summed E-state index contributed by atoms with van der Waals surface area (Å²) in [6.07, 6.45) is -0.853. The predicted molar refractivity (Wildman–Crippen MR) is 108 cm³/mol. The lowest BCUT2D eigenvalue weighted by atomic mass is 10.1. The normalized spacial score (nSPS) is 14.9. The fourth-order valence-corrected chi connectivity index (χ4v) is 3.44. The molecule has 0 N–H and O–H groups in total. The van der Waals surface area contributed by atoms with Gasteiger partial charge in [-0.2, -0.15) is 13.2 Å². The summed E-state index contributed by atoms with van der Waals surface area (Å²) in [4.78, 5) is 13.2. The Morgan fingerprint density at radius 2 is 1.55 bits per heavy atom.